The quantitative estimate of drug-likeness (QED) is 0.790. The van der Waals surface area contributed by atoms with Crippen LogP contribution >= 0.6 is 11.6 Å². The third kappa shape index (κ3) is 5.33. The minimum atomic E-state index is -3.64. The maximum absolute atomic E-state index is 12.1. The van der Waals surface area contributed by atoms with E-state index in [1.807, 2.05) is 25.1 Å². The van der Waals surface area contributed by atoms with E-state index in [0.717, 1.165) is 12.0 Å². The van der Waals surface area contributed by atoms with Gasteiger partial charge in [0.05, 0.1) is 4.90 Å². The summed E-state index contributed by atoms with van der Waals surface area (Å²) in [6.07, 6.45) is 0.924. The summed E-state index contributed by atoms with van der Waals surface area (Å²) in [7, 11) is -3.64. The highest BCUT2D eigenvalue weighted by Crippen LogP contribution is 2.14. The first-order valence-corrected chi connectivity index (χ1v) is 9.41. The lowest BCUT2D eigenvalue weighted by Crippen LogP contribution is -2.27. The van der Waals surface area contributed by atoms with Gasteiger partial charge in [-0.25, -0.2) is 13.1 Å². The van der Waals surface area contributed by atoms with Crippen molar-refractivity contribution in [2.75, 3.05) is 11.9 Å². The van der Waals surface area contributed by atoms with E-state index in [-0.39, 0.29) is 23.8 Å². The third-order valence-electron chi connectivity index (χ3n) is 3.39. The van der Waals surface area contributed by atoms with Crippen LogP contribution in [0.4, 0.5) is 5.69 Å². The standard InChI is InChI=1S/C17H19ClN2O3S/c1-2-13-4-3-5-15(12-13)20-17(21)10-11-19-24(22,23)16-8-6-14(18)7-9-16/h3-9,12,19H,2,10-11H2,1H3,(H,20,21). The van der Waals surface area contributed by atoms with E-state index in [1.54, 1.807) is 6.07 Å². The highest BCUT2D eigenvalue weighted by atomic mass is 35.5. The van der Waals surface area contributed by atoms with Gasteiger partial charge in [-0.3, -0.25) is 4.79 Å². The maximum Gasteiger partial charge on any atom is 0.240 e. The number of sulfonamides is 1. The van der Waals surface area contributed by atoms with Gasteiger partial charge in [-0.05, 0) is 48.4 Å². The second-order valence-corrected chi connectivity index (χ2v) is 7.41. The minimum Gasteiger partial charge on any atom is -0.326 e. The number of nitrogens with one attached hydrogen (secondary N) is 2. The summed E-state index contributed by atoms with van der Waals surface area (Å²) in [6, 6.07) is 13.4. The van der Waals surface area contributed by atoms with Crippen molar-refractivity contribution in [1.82, 2.24) is 4.72 Å². The van der Waals surface area contributed by atoms with E-state index in [4.69, 9.17) is 11.6 Å². The Labute approximate surface area is 147 Å². The van der Waals surface area contributed by atoms with Crippen LogP contribution in [-0.4, -0.2) is 20.9 Å². The van der Waals surface area contributed by atoms with Crippen LogP contribution in [-0.2, 0) is 21.2 Å². The summed E-state index contributed by atoms with van der Waals surface area (Å²) in [6.45, 7) is 2.05. The molecule has 7 heteroatoms. The number of anilines is 1. The Morgan fingerprint density at radius 3 is 2.50 bits per heavy atom. The second-order valence-electron chi connectivity index (χ2n) is 5.20. The van der Waals surface area contributed by atoms with Gasteiger partial charge in [0.2, 0.25) is 15.9 Å². The zero-order valence-corrected chi connectivity index (χ0v) is 14.8. The highest BCUT2D eigenvalue weighted by Gasteiger charge is 2.14. The molecule has 2 N–H and O–H groups in total. The molecule has 2 aromatic rings. The molecule has 0 bridgehead atoms. The number of amides is 1. The van der Waals surface area contributed by atoms with Crippen LogP contribution in [0, 0.1) is 0 Å². The number of hydrogen-bond donors (Lipinski definition) is 2. The molecule has 0 aliphatic carbocycles. The van der Waals surface area contributed by atoms with Gasteiger partial charge in [0.25, 0.3) is 0 Å². The largest absolute Gasteiger partial charge is 0.326 e. The molecule has 0 unspecified atom stereocenters. The van der Waals surface area contributed by atoms with Crippen LogP contribution < -0.4 is 10.0 Å². The number of rotatable bonds is 7. The molecule has 5 nitrogen and oxygen atoms in total. The third-order valence-corrected chi connectivity index (χ3v) is 5.12. The molecule has 0 aliphatic rings. The summed E-state index contributed by atoms with van der Waals surface area (Å²) in [4.78, 5) is 12.0. The number of benzene rings is 2. The van der Waals surface area contributed by atoms with Crippen molar-refractivity contribution in [3.63, 3.8) is 0 Å². The normalized spacial score (nSPS) is 11.2. The SMILES string of the molecule is CCc1cccc(NC(=O)CCNS(=O)(=O)c2ccc(Cl)cc2)c1. The molecule has 2 rings (SSSR count). The average molecular weight is 367 g/mol. The van der Waals surface area contributed by atoms with Crippen LogP contribution in [0.3, 0.4) is 0 Å². The highest BCUT2D eigenvalue weighted by molar-refractivity contribution is 7.89. The second kappa shape index (κ2) is 8.28. The van der Waals surface area contributed by atoms with Crippen molar-refractivity contribution >= 4 is 33.2 Å². The van der Waals surface area contributed by atoms with Gasteiger partial charge in [0.15, 0.2) is 0 Å². The molecule has 0 spiro atoms. The zero-order valence-electron chi connectivity index (χ0n) is 13.3. The molecule has 0 fully saturated rings. The molecule has 2 aromatic carbocycles. The topological polar surface area (TPSA) is 75.3 Å². The molecule has 0 saturated heterocycles. The lowest BCUT2D eigenvalue weighted by atomic mass is 10.1. The Balaban J connectivity index is 1.86. The van der Waals surface area contributed by atoms with Gasteiger partial charge in [-0.1, -0.05) is 30.7 Å². The van der Waals surface area contributed by atoms with Crippen molar-refractivity contribution in [2.24, 2.45) is 0 Å². The first-order valence-electron chi connectivity index (χ1n) is 7.55. The fourth-order valence-electron chi connectivity index (χ4n) is 2.09. The van der Waals surface area contributed by atoms with Crippen LogP contribution in [0.1, 0.15) is 18.9 Å². The molecule has 0 saturated carbocycles. The Morgan fingerprint density at radius 2 is 1.83 bits per heavy atom. The minimum absolute atomic E-state index is 0.0181. The number of carbonyl (C=O) groups excluding carboxylic acids is 1. The number of carbonyl (C=O) groups is 1. The Kier molecular flexibility index (Phi) is 6.36. The average Bonchev–Trinajstić information content (AvgIpc) is 2.55. The van der Waals surface area contributed by atoms with Gasteiger partial charge in [0, 0.05) is 23.7 Å². The van der Waals surface area contributed by atoms with Gasteiger partial charge in [0.1, 0.15) is 0 Å². The van der Waals surface area contributed by atoms with Crippen molar-refractivity contribution in [2.45, 2.75) is 24.7 Å². The number of hydrogen-bond acceptors (Lipinski definition) is 3. The summed E-state index contributed by atoms with van der Waals surface area (Å²) < 4.78 is 26.6. The summed E-state index contributed by atoms with van der Waals surface area (Å²) in [5, 5.41) is 3.22. The van der Waals surface area contributed by atoms with Crippen LogP contribution in [0.25, 0.3) is 0 Å². The van der Waals surface area contributed by atoms with E-state index < -0.39 is 10.0 Å². The lowest BCUT2D eigenvalue weighted by Gasteiger charge is -2.08. The van der Waals surface area contributed by atoms with E-state index in [2.05, 4.69) is 10.0 Å². The van der Waals surface area contributed by atoms with E-state index in [0.29, 0.717) is 10.7 Å². The molecule has 1 amide bonds. The van der Waals surface area contributed by atoms with Crippen molar-refractivity contribution in [3.8, 4) is 0 Å². The molecule has 24 heavy (non-hydrogen) atoms. The van der Waals surface area contributed by atoms with Crippen molar-refractivity contribution < 1.29 is 13.2 Å². The van der Waals surface area contributed by atoms with Crippen molar-refractivity contribution in [1.29, 1.82) is 0 Å². The van der Waals surface area contributed by atoms with Crippen LogP contribution in [0.15, 0.2) is 53.4 Å². The van der Waals surface area contributed by atoms with E-state index in [9.17, 15) is 13.2 Å². The predicted octanol–water partition coefficient (Wildman–Crippen LogP) is 3.21. The van der Waals surface area contributed by atoms with E-state index in [1.165, 1.54) is 24.3 Å². The molecule has 0 aromatic heterocycles. The molecular formula is C17H19ClN2O3S. The smallest absolute Gasteiger partial charge is 0.240 e. The molecule has 0 heterocycles. The number of halogens is 1. The molecule has 0 radical (unpaired) electrons. The summed E-state index contributed by atoms with van der Waals surface area (Å²) in [5.41, 5.74) is 1.83. The first-order chi connectivity index (χ1) is 11.4. The van der Waals surface area contributed by atoms with Gasteiger partial charge in [-0.2, -0.15) is 0 Å². The van der Waals surface area contributed by atoms with Crippen LogP contribution in [0.5, 0.6) is 0 Å². The van der Waals surface area contributed by atoms with Gasteiger partial charge in [-0.15, -0.1) is 0 Å². The fraction of sp³-hybridized carbons (Fsp3) is 0.235. The zero-order chi connectivity index (χ0) is 17.6. The van der Waals surface area contributed by atoms with E-state index >= 15 is 0 Å². The fourth-order valence-corrected chi connectivity index (χ4v) is 3.25. The van der Waals surface area contributed by atoms with Crippen molar-refractivity contribution in [3.05, 3.63) is 59.1 Å². The van der Waals surface area contributed by atoms with Crippen LogP contribution in [0.2, 0.25) is 5.02 Å². The maximum atomic E-state index is 12.1. The Hall–Kier alpha value is -1.89. The monoisotopic (exact) mass is 366 g/mol. The molecule has 0 atom stereocenters. The first kappa shape index (κ1) is 18.4. The predicted molar refractivity (Wildman–Crippen MR) is 95.7 cm³/mol. The Morgan fingerprint density at radius 1 is 1.12 bits per heavy atom. The summed E-state index contributed by atoms with van der Waals surface area (Å²) >= 11 is 5.74. The molecule has 128 valence electrons. The molecule has 0 aliphatic heterocycles. The van der Waals surface area contributed by atoms with Gasteiger partial charge < -0.3 is 5.32 Å². The Bertz CT molecular complexity index is 805. The summed E-state index contributed by atoms with van der Waals surface area (Å²) in [5.74, 6) is -0.248. The van der Waals surface area contributed by atoms with Gasteiger partial charge >= 0.3 is 0 Å². The number of aryl methyl sites for hydroxylation is 1. The lowest BCUT2D eigenvalue weighted by molar-refractivity contribution is -0.116. The molecular weight excluding hydrogens is 348 g/mol.